The third-order valence-electron chi connectivity index (χ3n) is 6.03. The Morgan fingerprint density at radius 3 is 2.66 bits per heavy atom. The predicted molar refractivity (Wildman–Crippen MR) is 128 cm³/mol. The highest BCUT2D eigenvalue weighted by atomic mass is 32.1. The van der Waals surface area contributed by atoms with Crippen molar-refractivity contribution in [3.8, 4) is 10.7 Å². The van der Waals surface area contributed by atoms with E-state index in [1.165, 1.54) is 18.3 Å². The Bertz CT molecular complexity index is 1360. The molecule has 0 spiro atoms. The van der Waals surface area contributed by atoms with Crippen molar-refractivity contribution in [2.45, 2.75) is 12.7 Å². The molecule has 1 aliphatic heterocycles. The number of anilines is 1. The number of piperazine rings is 1. The first kappa shape index (κ1) is 23.5. The van der Waals surface area contributed by atoms with Crippen molar-refractivity contribution in [3.05, 3.63) is 71.0 Å². The second-order valence-electron chi connectivity index (χ2n) is 8.51. The number of amides is 1. The number of carbonyl (C=O) groups excluding carboxylic acids is 1. The highest BCUT2D eigenvalue weighted by molar-refractivity contribution is 7.17. The first-order valence-electron chi connectivity index (χ1n) is 11.1. The lowest BCUT2D eigenvalue weighted by atomic mass is 10.0. The van der Waals surface area contributed by atoms with Gasteiger partial charge in [-0.25, -0.2) is 9.97 Å². The normalized spacial score (nSPS) is 15.5. The van der Waals surface area contributed by atoms with Gasteiger partial charge in [-0.15, -0.1) is 11.3 Å². The second-order valence-corrected chi connectivity index (χ2v) is 9.54. The van der Waals surface area contributed by atoms with Crippen LogP contribution in [0.2, 0.25) is 0 Å². The van der Waals surface area contributed by atoms with Crippen LogP contribution < -0.4 is 5.32 Å². The van der Waals surface area contributed by atoms with Crippen LogP contribution in [-0.2, 0) is 12.7 Å². The molecule has 4 heterocycles. The number of likely N-dealkylation sites (N-methyl/N-ethyl adjacent to an activating group) is 1. The van der Waals surface area contributed by atoms with E-state index in [0.717, 1.165) is 41.8 Å². The number of rotatable bonds is 5. The van der Waals surface area contributed by atoms with Gasteiger partial charge in [-0.2, -0.15) is 13.2 Å². The van der Waals surface area contributed by atoms with Crippen molar-refractivity contribution in [2.24, 2.45) is 0 Å². The molecule has 182 valence electrons. The van der Waals surface area contributed by atoms with Crippen LogP contribution in [0.5, 0.6) is 0 Å². The van der Waals surface area contributed by atoms with Crippen molar-refractivity contribution < 1.29 is 18.0 Å². The summed E-state index contributed by atoms with van der Waals surface area (Å²) >= 11 is 1.15. The number of nitrogens with zero attached hydrogens (tertiary/aromatic N) is 5. The fourth-order valence-electron chi connectivity index (χ4n) is 4.08. The van der Waals surface area contributed by atoms with Crippen LogP contribution in [0.1, 0.15) is 20.8 Å². The molecule has 1 aliphatic rings. The largest absolute Gasteiger partial charge is 0.416 e. The molecule has 1 N–H and O–H groups in total. The number of aromatic nitrogens is 3. The van der Waals surface area contributed by atoms with Gasteiger partial charge in [0.15, 0.2) is 0 Å². The number of halogens is 3. The van der Waals surface area contributed by atoms with Gasteiger partial charge in [-0.3, -0.25) is 14.1 Å². The summed E-state index contributed by atoms with van der Waals surface area (Å²) in [5.41, 5.74) is 1.05. The van der Waals surface area contributed by atoms with Crippen LogP contribution in [0.3, 0.4) is 0 Å². The molecule has 7 nitrogen and oxygen atoms in total. The van der Waals surface area contributed by atoms with Gasteiger partial charge in [-0.1, -0.05) is 12.1 Å². The molecule has 0 radical (unpaired) electrons. The molecular formula is C24H23F3N6OS. The molecule has 1 fully saturated rings. The number of hydrogen-bond acceptors (Lipinski definition) is 6. The van der Waals surface area contributed by atoms with Crippen molar-refractivity contribution in [1.82, 2.24) is 24.2 Å². The molecule has 0 aliphatic carbocycles. The lowest BCUT2D eigenvalue weighted by Gasteiger charge is -2.33. The maximum absolute atomic E-state index is 13.8. The minimum atomic E-state index is -4.52. The number of pyridine rings is 1. The zero-order valence-electron chi connectivity index (χ0n) is 18.9. The van der Waals surface area contributed by atoms with E-state index >= 15 is 0 Å². The molecule has 11 heteroatoms. The summed E-state index contributed by atoms with van der Waals surface area (Å²) in [6, 6.07) is 9.58. The van der Waals surface area contributed by atoms with Crippen LogP contribution in [0, 0.1) is 0 Å². The Kier molecular flexibility index (Phi) is 6.30. The molecule has 0 atom stereocenters. The minimum absolute atomic E-state index is 0.0919. The number of imidazole rings is 1. The lowest BCUT2D eigenvalue weighted by molar-refractivity contribution is -0.138. The average Bonchev–Trinajstić information content (AvgIpc) is 3.48. The van der Waals surface area contributed by atoms with Crippen LogP contribution in [0.25, 0.3) is 16.3 Å². The molecule has 4 aromatic rings. The van der Waals surface area contributed by atoms with E-state index in [2.05, 4.69) is 20.2 Å². The van der Waals surface area contributed by atoms with E-state index in [4.69, 9.17) is 0 Å². The van der Waals surface area contributed by atoms with Crippen LogP contribution in [0.15, 0.2) is 55.0 Å². The number of carbonyl (C=O) groups is 1. The molecular weight excluding hydrogens is 477 g/mol. The monoisotopic (exact) mass is 500 g/mol. The molecule has 0 bridgehead atoms. The fraction of sp³-hybridized carbons (Fsp3) is 0.292. The zero-order chi connectivity index (χ0) is 24.6. The molecule has 1 saturated heterocycles. The van der Waals surface area contributed by atoms with E-state index in [0.29, 0.717) is 23.0 Å². The Hall–Kier alpha value is -3.28. The Balaban J connectivity index is 1.34. The fourth-order valence-corrected chi connectivity index (χ4v) is 4.90. The highest BCUT2D eigenvalue weighted by Crippen LogP contribution is 2.35. The number of benzene rings is 1. The molecule has 35 heavy (non-hydrogen) atoms. The standard InChI is InChI=1S/C24H23F3N6OS/c1-31-8-10-32(11-9-31)15-16-5-6-17(12-18(16)24(25,26)27)30-22(34)20-14-29-23(35-20)19-13-28-21-4-2-3-7-33(19)21/h2-7,12-14H,8-11,15H2,1H3,(H,30,34). The van der Waals surface area contributed by atoms with Gasteiger partial charge in [0.1, 0.15) is 21.2 Å². The Labute approximate surface area is 203 Å². The first-order valence-corrected chi connectivity index (χ1v) is 11.9. The predicted octanol–water partition coefficient (Wildman–Crippen LogP) is 4.48. The van der Waals surface area contributed by atoms with Gasteiger partial charge in [0, 0.05) is 44.6 Å². The molecule has 1 amide bonds. The van der Waals surface area contributed by atoms with Gasteiger partial charge in [0.25, 0.3) is 5.91 Å². The molecule has 3 aromatic heterocycles. The van der Waals surface area contributed by atoms with Crippen LogP contribution in [-0.4, -0.2) is 63.3 Å². The smallest absolute Gasteiger partial charge is 0.321 e. The number of fused-ring (bicyclic) bond motifs is 1. The van der Waals surface area contributed by atoms with Gasteiger partial charge in [-0.05, 0) is 36.9 Å². The average molecular weight is 501 g/mol. The zero-order valence-corrected chi connectivity index (χ0v) is 19.7. The first-order chi connectivity index (χ1) is 16.8. The van der Waals surface area contributed by atoms with Crippen molar-refractivity contribution in [1.29, 1.82) is 0 Å². The molecule has 0 saturated carbocycles. The molecule has 1 aromatic carbocycles. The van der Waals surface area contributed by atoms with Gasteiger partial charge < -0.3 is 10.2 Å². The minimum Gasteiger partial charge on any atom is -0.321 e. The van der Waals surface area contributed by atoms with Crippen LogP contribution in [0.4, 0.5) is 18.9 Å². The molecule has 0 unspecified atom stereocenters. The van der Waals surface area contributed by atoms with Gasteiger partial charge in [0.2, 0.25) is 0 Å². The van der Waals surface area contributed by atoms with E-state index in [1.807, 2.05) is 40.7 Å². The van der Waals surface area contributed by atoms with Crippen molar-refractivity contribution in [3.63, 3.8) is 0 Å². The second kappa shape index (κ2) is 9.40. The van der Waals surface area contributed by atoms with E-state index in [1.54, 1.807) is 6.20 Å². The number of thiazole rings is 1. The van der Waals surface area contributed by atoms with E-state index in [-0.39, 0.29) is 17.8 Å². The lowest BCUT2D eigenvalue weighted by Crippen LogP contribution is -2.44. The van der Waals surface area contributed by atoms with Crippen molar-refractivity contribution >= 4 is 28.6 Å². The quantitative estimate of drug-likeness (QED) is 0.438. The summed E-state index contributed by atoms with van der Waals surface area (Å²) in [5.74, 6) is -0.512. The van der Waals surface area contributed by atoms with Crippen molar-refractivity contribution in [2.75, 3.05) is 38.5 Å². The van der Waals surface area contributed by atoms with Gasteiger partial charge in [0.05, 0.1) is 18.0 Å². The number of nitrogens with one attached hydrogen (secondary N) is 1. The maximum Gasteiger partial charge on any atom is 0.416 e. The summed E-state index contributed by atoms with van der Waals surface area (Å²) in [5, 5.41) is 3.18. The van der Waals surface area contributed by atoms with Gasteiger partial charge >= 0.3 is 6.18 Å². The summed E-state index contributed by atoms with van der Waals surface area (Å²) in [4.78, 5) is 25.9. The third-order valence-corrected chi connectivity index (χ3v) is 7.05. The number of hydrogen-bond donors (Lipinski definition) is 1. The van der Waals surface area contributed by atoms with E-state index < -0.39 is 17.6 Å². The topological polar surface area (TPSA) is 65.8 Å². The third kappa shape index (κ3) is 5.07. The summed E-state index contributed by atoms with van der Waals surface area (Å²) in [6.07, 6.45) is 0.416. The highest BCUT2D eigenvalue weighted by Gasteiger charge is 2.34. The van der Waals surface area contributed by atoms with E-state index in [9.17, 15) is 18.0 Å². The maximum atomic E-state index is 13.8. The summed E-state index contributed by atoms with van der Waals surface area (Å²) in [7, 11) is 2.00. The molecule has 5 rings (SSSR count). The summed E-state index contributed by atoms with van der Waals surface area (Å²) in [6.45, 7) is 3.29. The number of alkyl halides is 3. The SMILES string of the molecule is CN1CCN(Cc2ccc(NC(=O)c3cnc(-c4cnc5ccccn45)s3)cc2C(F)(F)F)CC1. The Morgan fingerprint density at radius 1 is 1.09 bits per heavy atom. The van der Waals surface area contributed by atoms with Crippen LogP contribution >= 0.6 is 11.3 Å². The summed E-state index contributed by atoms with van der Waals surface area (Å²) < 4.78 is 43.4. The Morgan fingerprint density at radius 2 is 1.89 bits per heavy atom.